The van der Waals surface area contributed by atoms with Crippen molar-refractivity contribution >= 4 is 23.1 Å². The zero-order valence-electron chi connectivity index (χ0n) is 9.93. The number of hydrogen-bond acceptors (Lipinski definition) is 4. The SMILES string of the molecule is CCc1ccsc1C(=O)NC(C)CC(N)=NO. The van der Waals surface area contributed by atoms with Crippen LogP contribution in [0.1, 0.15) is 35.5 Å². The lowest BCUT2D eigenvalue weighted by Gasteiger charge is -2.12. The average molecular weight is 255 g/mol. The fourth-order valence-corrected chi connectivity index (χ4v) is 2.41. The van der Waals surface area contributed by atoms with Gasteiger partial charge in [-0.2, -0.15) is 0 Å². The minimum Gasteiger partial charge on any atom is -0.409 e. The van der Waals surface area contributed by atoms with Gasteiger partial charge in [0.15, 0.2) is 0 Å². The zero-order chi connectivity index (χ0) is 12.8. The number of amides is 1. The molecule has 0 bridgehead atoms. The van der Waals surface area contributed by atoms with Gasteiger partial charge >= 0.3 is 0 Å². The summed E-state index contributed by atoms with van der Waals surface area (Å²) >= 11 is 1.43. The highest BCUT2D eigenvalue weighted by molar-refractivity contribution is 7.12. The van der Waals surface area contributed by atoms with E-state index < -0.39 is 0 Å². The molecule has 1 rings (SSSR count). The van der Waals surface area contributed by atoms with Crippen LogP contribution in [0.2, 0.25) is 0 Å². The Morgan fingerprint density at radius 1 is 1.71 bits per heavy atom. The van der Waals surface area contributed by atoms with Crippen molar-refractivity contribution in [3.05, 3.63) is 21.9 Å². The van der Waals surface area contributed by atoms with Gasteiger partial charge in [0.25, 0.3) is 5.91 Å². The van der Waals surface area contributed by atoms with Crippen molar-refractivity contribution < 1.29 is 10.0 Å². The summed E-state index contributed by atoms with van der Waals surface area (Å²) < 4.78 is 0. The number of carbonyl (C=O) groups excluding carboxylic acids is 1. The number of thiophene rings is 1. The summed E-state index contributed by atoms with van der Waals surface area (Å²) in [6.07, 6.45) is 1.16. The van der Waals surface area contributed by atoms with E-state index in [0.29, 0.717) is 6.42 Å². The lowest BCUT2D eigenvalue weighted by Crippen LogP contribution is -2.35. The average Bonchev–Trinajstić information content (AvgIpc) is 2.76. The molecule has 0 aliphatic carbocycles. The molecular weight excluding hydrogens is 238 g/mol. The monoisotopic (exact) mass is 255 g/mol. The van der Waals surface area contributed by atoms with Gasteiger partial charge in [-0.25, -0.2) is 0 Å². The minimum absolute atomic E-state index is 0.102. The molecule has 1 heterocycles. The van der Waals surface area contributed by atoms with Crippen molar-refractivity contribution in [2.24, 2.45) is 10.9 Å². The molecular formula is C11H17N3O2S. The van der Waals surface area contributed by atoms with Crippen molar-refractivity contribution in [3.8, 4) is 0 Å². The van der Waals surface area contributed by atoms with Gasteiger partial charge in [0.2, 0.25) is 0 Å². The normalized spacial score (nSPS) is 13.4. The van der Waals surface area contributed by atoms with Crippen molar-refractivity contribution in [1.29, 1.82) is 0 Å². The van der Waals surface area contributed by atoms with Gasteiger partial charge in [-0.05, 0) is 30.4 Å². The fraction of sp³-hybridized carbons (Fsp3) is 0.455. The predicted octanol–water partition coefficient (Wildman–Crippen LogP) is 1.57. The number of nitrogens with zero attached hydrogens (tertiary/aromatic N) is 1. The van der Waals surface area contributed by atoms with Crippen LogP contribution < -0.4 is 11.1 Å². The largest absolute Gasteiger partial charge is 0.409 e. The molecule has 4 N–H and O–H groups in total. The number of aryl methyl sites for hydroxylation is 1. The Morgan fingerprint density at radius 2 is 2.41 bits per heavy atom. The van der Waals surface area contributed by atoms with E-state index in [1.165, 1.54) is 11.3 Å². The van der Waals surface area contributed by atoms with Crippen molar-refractivity contribution in [3.63, 3.8) is 0 Å². The van der Waals surface area contributed by atoms with Crippen LogP contribution in [0.15, 0.2) is 16.6 Å². The fourth-order valence-electron chi connectivity index (χ4n) is 1.51. The second-order valence-electron chi connectivity index (χ2n) is 3.80. The molecule has 1 aromatic heterocycles. The summed E-state index contributed by atoms with van der Waals surface area (Å²) in [5.74, 6) is 0.00906. The minimum atomic E-state index is -0.162. The molecule has 1 atom stereocenters. The molecule has 5 nitrogen and oxygen atoms in total. The van der Waals surface area contributed by atoms with Crippen LogP contribution in [0, 0.1) is 0 Å². The second-order valence-corrected chi connectivity index (χ2v) is 4.71. The molecule has 1 aromatic rings. The van der Waals surface area contributed by atoms with Crippen LogP contribution in [0.3, 0.4) is 0 Å². The number of hydrogen-bond donors (Lipinski definition) is 3. The van der Waals surface area contributed by atoms with Crippen molar-refractivity contribution in [1.82, 2.24) is 5.32 Å². The van der Waals surface area contributed by atoms with Crippen LogP contribution in [0.25, 0.3) is 0 Å². The number of amidine groups is 1. The molecule has 0 fully saturated rings. The van der Waals surface area contributed by atoms with E-state index >= 15 is 0 Å². The van der Waals surface area contributed by atoms with Crippen LogP contribution >= 0.6 is 11.3 Å². The van der Waals surface area contributed by atoms with E-state index in [4.69, 9.17) is 10.9 Å². The van der Waals surface area contributed by atoms with Crippen LogP contribution in [-0.2, 0) is 6.42 Å². The second kappa shape index (κ2) is 6.24. The van der Waals surface area contributed by atoms with E-state index in [1.54, 1.807) is 0 Å². The highest BCUT2D eigenvalue weighted by Gasteiger charge is 2.15. The molecule has 0 saturated carbocycles. The van der Waals surface area contributed by atoms with Crippen LogP contribution in [-0.4, -0.2) is 23.0 Å². The molecule has 1 amide bonds. The maximum Gasteiger partial charge on any atom is 0.261 e. The quantitative estimate of drug-likeness (QED) is 0.323. The molecule has 17 heavy (non-hydrogen) atoms. The molecule has 94 valence electrons. The summed E-state index contributed by atoms with van der Waals surface area (Å²) in [6, 6.07) is 1.79. The summed E-state index contributed by atoms with van der Waals surface area (Å²) in [5, 5.41) is 16.0. The molecule has 0 aromatic carbocycles. The Labute approximate surface area is 104 Å². The van der Waals surface area contributed by atoms with E-state index in [0.717, 1.165) is 16.9 Å². The first kappa shape index (κ1) is 13.5. The third-order valence-electron chi connectivity index (χ3n) is 2.36. The Bertz CT molecular complexity index is 415. The van der Waals surface area contributed by atoms with Gasteiger partial charge in [-0.1, -0.05) is 12.1 Å². The highest BCUT2D eigenvalue weighted by atomic mass is 32.1. The summed E-state index contributed by atoms with van der Waals surface area (Å²) in [6.45, 7) is 3.83. The van der Waals surface area contributed by atoms with Gasteiger partial charge in [0.1, 0.15) is 5.84 Å². The Balaban J connectivity index is 2.60. The Morgan fingerprint density at radius 3 is 3.00 bits per heavy atom. The number of carbonyl (C=O) groups is 1. The third-order valence-corrected chi connectivity index (χ3v) is 3.31. The van der Waals surface area contributed by atoms with Gasteiger partial charge < -0.3 is 16.3 Å². The lowest BCUT2D eigenvalue weighted by atomic mass is 10.2. The van der Waals surface area contributed by atoms with E-state index in [9.17, 15) is 4.79 Å². The van der Waals surface area contributed by atoms with Crippen LogP contribution in [0.5, 0.6) is 0 Å². The molecule has 0 radical (unpaired) electrons. The number of nitrogens with two attached hydrogens (primary N) is 1. The Hall–Kier alpha value is -1.56. The lowest BCUT2D eigenvalue weighted by molar-refractivity contribution is 0.0944. The Kier molecular flexibility index (Phi) is 4.96. The molecule has 0 saturated heterocycles. The first-order valence-corrected chi connectivity index (χ1v) is 6.30. The molecule has 0 aliphatic rings. The molecule has 6 heteroatoms. The summed E-state index contributed by atoms with van der Waals surface area (Å²) in [4.78, 5) is 12.7. The van der Waals surface area contributed by atoms with E-state index in [2.05, 4.69) is 10.5 Å². The predicted molar refractivity (Wildman–Crippen MR) is 68.7 cm³/mol. The number of rotatable bonds is 5. The topological polar surface area (TPSA) is 87.7 Å². The number of nitrogens with one attached hydrogen (secondary N) is 1. The maximum absolute atomic E-state index is 11.9. The molecule has 0 aliphatic heterocycles. The van der Waals surface area contributed by atoms with Gasteiger partial charge in [-0.3, -0.25) is 4.79 Å². The van der Waals surface area contributed by atoms with Gasteiger partial charge in [0.05, 0.1) is 4.88 Å². The summed E-state index contributed by atoms with van der Waals surface area (Å²) in [7, 11) is 0. The first-order chi connectivity index (χ1) is 8.08. The van der Waals surface area contributed by atoms with E-state index in [-0.39, 0.29) is 17.8 Å². The zero-order valence-corrected chi connectivity index (χ0v) is 10.8. The molecule has 1 unspecified atom stereocenters. The van der Waals surface area contributed by atoms with E-state index in [1.807, 2.05) is 25.3 Å². The van der Waals surface area contributed by atoms with Crippen LogP contribution in [0.4, 0.5) is 0 Å². The highest BCUT2D eigenvalue weighted by Crippen LogP contribution is 2.17. The first-order valence-electron chi connectivity index (χ1n) is 5.42. The third kappa shape index (κ3) is 3.74. The number of oxime groups is 1. The standard InChI is InChI=1S/C11H17N3O2S/c1-3-8-4-5-17-10(8)11(15)13-7(2)6-9(12)14-16/h4-5,7,16H,3,6H2,1-2H3,(H2,12,14)(H,13,15). The summed E-state index contributed by atoms with van der Waals surface area (Å²) in [5.41, 5.74) is 6.42. The van der Waals surface area contributed by atoms with Crippen molar-refractivity contribution in [2.45, 2.75) is 32.7 Å². The van der Waals surface area contributed by atoms with Gasteiger partial charge in [0, 0.05) is 12.5 Å². The van der Waals surface area contributed by atoms with Crippen molar-refractivity contribution in [2.75, 3.05) is 0 Å². The molecule has 0 spiro atoms. The van der Waals surface area contributed by atoms with Gasteiger partial charge in [-0.15, -0.1) is 11.3 Å². The smallest absolute Gasteiger partial charge is 0.261 e. The maximum atomic E-state index is 11.9.